The number of anilines is 1. The molecule has 1 aliphatic heterocycles. The van der Waals surface area contributed by atoms with Crippen LogP contribution in [0.3, 0.4) is 0 Å². The van der Waals surface area contributed by atoms with Gasteiger partial charge in [-0.05, 0) is 19.1 Å². The molecule has 1 N–H and O–H groups in total. The number of hydrogen-bond acceptors (Lipinski definition) is 6. The molecule has 1 aromatic carbocycles. The van der Waals surface area contributed by atoms with Gasteiger partial charge in [-0.25, -0.2) is 4.98 Å². The van der Waals surface area contributed by atoms with Crippen molar-refractivity contribution in [3.8, 4) is 11.5 Å². The van der Waals surface area contributed by atoms with E-state index in [2.05, 4.69) is 19.8 Å². The molecule has 0 bridgehead atoms. The second-order valence-electron chi connectivity index (χ2n) is 4.42. The van der Waals surface area contributed by atoms with E-state index in [0.717, 1.165) is 10.0 Å². The molecule has 0 saturated heterocycles. The van der Waals surface area contributed by atoms with Crippen LogP contribution in [-0.2, 0) is 4.79 Å². The van der Waals surface area contributed by atoms with E-state index >= 15 is 0 Å². The molecule has 1 amide bonds. The Kier molecular flexibility index (Phi) is 3.92. The summed E-state index contributed by atoms with van der Waals surface area (Å²) >= 11 is 2.78. The number of carbonyl (C=O) groups is 1. The lowest BCUT2D eigenvalue weighted by atomic mass is 10.3. The van der Waals surface area contributed by atoms with Crippen molar-refractivity contribution in [2.75, 3.05) is 11.1 Å². The van der Waals surface area contributed by atoms with Crippen LogP contribution in [0.4, 0.5) is 14.5 Å². The molecule has 1 aromatic heterocycles. The number of rotatable bonds is 4. The first-order valence-electron chi connectivity index (χ1n) is 6.16. The van der Waals surface area contributed by atoms with E-state index in [1.807, 2.05) is 12.3 Å². The largest absolute Gasteiger partial charge is 0.586 e. The molecule has 0 spiro atoms. The van der Waals surface area contributed by atoms with Gasteiger partial charge in [-0.1, -0.05) is 11.8 Å². The van der Waals surface area contributed by atoms with E-state index in [4.69, 9.17) is 0 Å². The second-order valence-corrected chi connectivity index (χ2v) is 6.50. The van der Waals surface area contributed by atoms with Crippen LogP contribution in [0, 0.1) is 6.92 Å². The van der Waals surface area contributed by atoms with Gasteiger partial charge in [0, 0.05) is 22.8 Å². The van der Waals surface area contributed by atoms with Crippen LogP contribution in [0.2, 0.25) is 0 Å². The quantitative estimate of drug-likeness (QED) is 0.860. The van der Waals surface area contributed by atoms with E-state index in [1.165, 1.54) is 41.3 Å². The molecule has 1 aliphatic rings. The standard InChI is InChI=1S/C13H10F2N2O3S2/c1-7-5-21-12(16-7)22-6-11(18)17-8-2-3-9-10(4-8)20-13(14,15)19-9/h2-5H,6H2,1H3,(H,17,18). The molecule has 2 aromatic rings. The highest BCUT2D eigenvalue weighted by Gasteiger charge is 2.43. The van der Waals surface area contributed by atoms with Gasteiger partial charge >= 0.3 is 6.29 Å². The number of halogens is 2. The molecule has 2 heterocycles. The highest BCUT2D eigenvalue weighted by atomic mass is 32.2. The molecule has 116 valence electrons. The lowest BCUT2D eigenvalue weighted by molar-refractivity contribution is -0.286. The monoisotopic (exact) mass is 344 g/mol. The summed E-state index contributed by atoms with van der Waals surface area (Å²) in [5, 5.41) is 4.51. The third-order valence-electron chi connectivity index (χ3n) is 2.61. The first kappa shape index (κ1) is 15.0. The van der Waals surface area contributed by atoms with Gasteiger partial charge in [-0.2, -0.15) is 0 Å². The SMILES string of the molecule is Cc1csc(SCC(=O)Nc2ccc3c(c2)OC(F)(F)O3)n1. The third-order valence-corrected chi connectivity index (χ3v) is 4.75. The number of carbonyl (C=O) groups excluding carboxylic acids is 1. The zero-order chi connectivity index (χ0) is 15.7. The highest BCUT2D eigenvalue weighted by Crippen LogP contribution is 2.42. The Bertz CT molecular complexity index is 721. The maximum absolute atomic E-state index is 12.9. The molecule has 9 heteroatoms. The number of thiazole rings is 1. The Balaban J connectivity index is 1.58. The topological polar surface area (TPSA) is 60.5 Å². The first-order valence-corrected chi connectivity index (χ1v) is 8.02. The van der Waals surface area contributed by atoms with Crippen LogP contribution in [0.5, 0.6) is 11.5 Å². The van der Waals surface area contributed by atoms with Gasteiger partial charge in [-0.3, -0.25) is 4.79 Å². The molecule has 0 saturated carbocycles. The lowest BCUT2D eigenvalue weighted by Crippen LogP contribution is -2.25. The molecule has 22 heavy (non-hydrogen) atoms. The van der Waals surface area contributed by atoms with Crippen molar-refractivity contribution in [2.24, 2.45) is 0 Å². The van der Waals surface area contributed by atoms with Crippen LogP contribution in [0.15, 0.2) is 27.9 Å². The molecule has 0 fully saturated rings. The van der Waals surface area contributed by atoms with Gasteiger partial charge in [0.15, 0.2) is 15.8 Å². The number of nitrogens with one attached hydrogen (secondary N) is 1. The molecule has 0 radical (unpaired) electrons. The summed E-state index contributed by atoms with van der Waals surface area (Å²) in [6.07, 6.45) is -3.66. The van der Waals surface area contributed by atoms with E-state index in [9.17, 15) is 13.6 Å². The first-order chi connectivity index (χ1) is 10.4. The Morgan fingerprint density at radius 3 is 2.91 bits per heavy atom. The Morgan fingerprint density at radius 1 is 1.41 bits per heavy atom. The summed E-state index contributed by atoms with van der Waals surface area (Å²) in [5.41, 5.74) is 1.27. The van der Waals surface area contributed by atoms with Crippen LogP contribution >= 0.6 is 23.1 Å². The summed E-state index contributed by atoms with van der Waals surface area (Å²) in [7, 11) is 0. The maximum atomic E-state index is 12.9. The second kappa shape index (κ2) is 5.73. The van der Waals surface area contributed by atoms with Crippen molar-refractivity contribution in [1.82, 2.24) is 4.98 Å². The van der Waals surface area contributed by atoms with Crippen molar-refractivity contribution >= 4 is 34.7 Å². The zero-order valence-corrected chi connectivity index (χ0v) is 12.9. The van der Waals surface area contributed by atoms with Crippen molar-refractivity contribution in [1.29, 1.82) is 0 Å². The van der Waals surface area contributed by atoms with Crippen LogP contribution in [0.25, 0.3) is 0 Å². The maximum Gasteiger partial charge on any atom is 0.586 e. The molecule has 0 atom stereocenters. The van der Waals surface area contributed by atoms with Gasteiger partial charge < -0.3 is 14.8 Å². The number of aromatic nitrogens is 1. The third kappa shape index (κ3) is 3.47. The Labute approximate surface area is 132 Å². The minimum absolute atomic E-state index is 0.0596. The predicted molar refractivity (Wildman–Crippen MR) is 78.8 cm³/mol. The molecule has 0 unspecified atom stereocenters. The van der Waals surface area contributed by atoms with Gasteiger partial charge in [0.05, 0.1) is 5.75 Å². The molecule has 3 rings (SSSR count). The zero-order valence-electron chi connectivity index (χ0n) is 11.3. The van der Waals surface area contributed by atoms with Crippen LogP contribution < -0.4 is 14.8 Å². The lowest BCUT2D eigenvalue weighted by Gasteiger charge is -2.05. The van der Waals surface area contributed by atoms with Crippen molar-refractivity contribution in [3.63, 3.8) is 0 Å². The summed E-state index contributed by atoms with van der Waals surface area (Å²) in [5.74, 6) is -0.248. The summed E-state index contributed by atoms with van der Waals surface area (Å²) in [4.78, 5) is 16.1. The van der Waals surface area contributed by atoms with E-state index in [1.54, 1.807) is 0 Å². The fourth-order valence-electron chi connectivity index (χ4n) is 1.75. The van der Waals surface area contributed by atoms with Crippen molar-refractivity contribution < 1.29 is 23.0 Å². The fourth-order valence-corrected chi connectivity index (χ4v) is 3.40. The number of nitrogens with zero attached hydrogens (tertiary/aromatic N) is 1. The number of alkyl halides is 2. The van der Waals surface area contributed by atoms with Crippen molar-refractivity contribution in [3.05, 3.63) is 29.3 Å². The summed E-state index contributed by atoms with van der Waals surface area (Å²) in [6, 6.07) is 4.09. The van der Waals surface area contributed by atoms with Gasteiger partial charge in [0.2, 0.25) is 5.91 Å². The molecular formula is C13H10F2N2O3S2. The smallest absolute Gasteiger partial charge is 0.395 e. The van der Waals surface area contributed by atoms with Gasteiger partial charge in [0.25, 0.3) is 0 Å². The Morgan fingerprint density at radius 2 is 2.18 bits per heavy atom. The number of aryl methyl sites for hydroxylation is 1. The van der Waals surface area contributed by atoms with Crippen LogP contribution in [-0.4, -0.2) is 22.9 Å². The minimum atomic E-state index is -3.66. The molecule has 0 aliphatic carbocycles. The average Bonchev–Trinajstić information content (AvgIpc) is 2.97. The molecular weight excluding hydrogens is 334 g/mol. The van der Waals surface area contributed by atoms with Crippen molar-refractivity contribution in [2.45, 2.75) is 17.6 Å². The number of fused-ring (bicyclic) bond motifs is 1. The summed E-state index contributed by atoms with van der Waals surface area (Å²) < 4.78 is 35.2. The van der Waals surface area contributed by atoms with Gasteiger partial charge in [-0.15, -0.1) is 20.1 Å². The van der Waals surface area contributed by atoms with E-state index in [-0.39, 0.29) is 23.2 Å². The normalized spacial score (nSPS) is 14.9. The van der Waals surface area contributed by atoms with Gasteiger partial charge in [0.1, 0.15) is 0 Å². The highest BCUT2D eigenvalue weighted by molar-refractivity contribution is 8.01. The molecule has 5 nitrogen and oxygen atoms in total. The number of benzene rings is 1. The predicted octanol–water partition coefficient (Wildman–Crippen LogP) is 3.50. The number of hydrogen-bond donors (Lipinski definition) is 1. The van der Waals surface area contributed by atoms with Crippen LogP contribution in [0.1, 0.15) is 5.69 Å². The minimum Gasteiger partial charge on any atom is -0.395 e. The number of ether oxygens (including phenoxy) is 2. The van der Waals surface area contributed by atoms with E-state index < -0.39 is 6.29 Å². The summed E-state index contributed by atoms with van der Waals surface area (Å²) in [6.45, 7) is 1.88. The number of amides is 1. The number of thioether (sulfide) groups is 1. The average molecular weight is 344 g/mol. The van der Waals surface area contributed by atoms with E-state index in [0.29, 0.717) is 5.69 Å². The Hall–Kier alpha value is -1.87. The fraction of sp³-hybridized carbons (Fsp3) is 0.231.